The van der Waals surface area contributed by atoms with E-state index in [2.05, 4.69) is 27.0 Å². The second-order valence-electron chi connectivity index (χ2n) is 8.24. The third-order valence-electron chi connectivity index (χ3n) is 5.75. The number of nitrogens with zero attached hydrogens (tertiary/aromatic N) is 6. The first-order valence-corrected chi connectivity index (χ1v) is 13.0. The molecule has 0 unspecified atom stereocenters. The average molecular weight is 552 g/mol. The molecular weight excluding hydrogens is 528 g/mol. The summed E-state index contributed by atoms with van der Waals surface area (Å²) in [5, 5.41) is 4.66. The van der Waals surface area contributed by atoms with E-state index in [-0.39, 0.29) is 31.6 Å². The van der Waals surface area contributed by atoms with Crippen molar-refractivity contribution in [2.45, 2.75) is 32.1 Å². The van der Waals surface area contributed by atoms with E-state index in [1.807, 2.05) is 6.92 Å². The summed E-state index contributed by atoms with van der Waals surface area (Å²) in [7, 11) is -4.96. The number of sulfonamides is 1. The molecule has 0 aromatic carbocycles. The second kappa shape index (κ2) is 10.1. The van der Waals surface area contributed by atoms with Crippen LogP contribution in [0, 0.1) is 6.92 Å². The zero-order valence-electron chi connectivity index (χ0n) is 20.0. The van der Waals surface area contributed by atoms with Gasteiger partial charge in [-0.1, -0.05) is 25.1 Å². The molecule has 0 bridgehead atoms. The van der Waals surface area contributed by atoms with Crippen molar-refractivity contribution >= 4 is 45.3 Å². The molecule has 3 aromatic rings. The quantitative estimate of drug-likeness (QED) is 0.430. The van der Waals surface area contributed by atoms with Gasteiger partial charge in [-0.05, 0) is 48.7 Å². The van der Waals surface area contributed by atoms with Crippen LogP contribution in [0.5, 0.6) is 0 Å². The number of hydrogen-bond donors (Lipinski definition) is 1. The number of imidazole rings is 1. The molecule has 0 spiro atoms. The molecule has 10 nitrogen and oxygen atoms in total. The standard InChI is InChI=1S/C23H24ClF2N7O3S/c1-4-18-20(32-13-17(24)6-7-19(32)30-18)22(34)28-12-16-10-15(3)21(27-11-16)33-9-8-31(14-29-33)37(35,36)23(25,26)5-2/h5-7,10-11,13-14H,2,4,8-9,12H2,1,3H3,(H,28,34). The predicted octanol–water partition coefficient (Wildman–Crippen LogP) is 3.36. The minimum absolute atomic E-state index is 0.0174. The number of hydrazone groups is 1. The minimum Gasteiger partial charge on any atom is -0.347 e. The van der Waals surface area contributed by atoms with Crippen LogP contribution in [0.4, 0.5) is 14.6 Å². The summed E-state index contributed by atoms with van der Waals surface area (Å²) in [6.45, 7) is 6.54. The molecule has 0 aliphatic carbocycles. The molecule has 1 amide bonds. The Hall–Kier alpha value is -3.58. The van der Waals surface area contributed by atoms with Crippen LogP contribution in [0.15, 0.2) is 48.3 Å². The van der Waals surface area contributed by atoms with Gasteiger partial charge in [-0.3, -0.25) is 13.5 Å². The lowest BCUT2D eigenvalue weighted by Gasteiger charge is -2.30. The molecule has 37 heavy (non-hydrogen) atoms. The van der Waals surface area contributed by atoms with Gasteiger partial charge in [-0.25, -0.2) is 15.0 Å². The third-order valence-corrected chi connectivity index (χ3v) is 7.72. The van der Waals surface area contributed by atoms with Gasteiger partial charge in [-0.2, -0.15) is 22.3 Å². The van der Waals surface area contributed by atoms with E-state index in [0.717, 1.165) is 11.9 Å². The molecule has 14 heteroatoms. The fourth-order valence-corrected chi connectivity index (χ4v) is 5.02. The van der Waals surface area contributed by atoms with E-state index >= 15 is 0 Å². The molecule has 4 rings (SSSR count). The third kappa shape index (κ3) is 5.01. The average Bonchev–Trinajstić information content (AvgIpc) is 3.25. The second-order valence-corrected chi connectivity index (χ2v) is 10.6. The number of halogens is 3. The van der Waals surface area contributed by atoms with Crippen LogP contribution in [0.1, 0.15) is 34.2 Å². The van der Waals surface area contributed by atoms with Crippen LogP contribution in [-0.4, -0.2) is 57.7 Å². The van der Waals surface area contributed by atoms with Crippen LogP contribution >= 0.6 is 11.6 Å². The summed E-state index contributed by atoms with van der Waals surface area (Å²) in [6.07, 6.45) is 4.68. The summed E-state index contributed by atoms with van der Waals surface area (Å²) in [5.41, 5.74) is 3.09. The normalized spacial score (nSPS) is 14.3. The Bertz CT molecular complexity index is 1510. The number of fused-ring (bicyclic) bond motifs is 1. The molecule has 0 radical (unpaired) electrons. The first-order chi connectivity index (χ1) is 17.5. The molecule has 0 atom stereocenters. The van der Waals surface area contributed by atoms with Crippen molar-refractivity contribution in [3.63, 3.8) is 0 Å². The minimum atomic E-state index is -4.96. The van der Waals surface area contributed by atoms with E-state index in [1.165, 1.54) is 5.01 Å². The van der Waals surface area contributed by atoms with E-state index in [4.69, 9.17) is 11.6 Å². The van der Waals surface area contributed by atoms with Gasteiger partial charge in [0.2, 0.25) is 0 Å². The highest BCUT2D eigenvalue weighted by Crippen LogP contribution is 2.28. The smallest absolute Gasteiger partial charge is 0.347 e. The maximum atomic E-state index is 13.7. The summed E-state index contributed by atoms with van der Waals surface area (Å²) in [5.74, 6) is 0.121. The molecule has 0 saturated heterocycles. The van der Waals surface area contributed by atoms with Crippen LogP contribution in [0.2, 0.25) is 5.02 Å². The van der Waals surface area contributed by atoms with Crippen molar-refractivity contribution in [2.75, 3.05) is 18.1 Å². The molecule has 4 heterocycles. The highest BCUT2D eigenvalue weighted by molar-refractivity contribution is 7.90. The largest absolute Gasteiger partial charge is 0.382 e. The van der Waals surface area contributed by atoms with Gasteiger partial charge in [-0.15, -0.1) is 0 Å². The number of alkyl halides is 2. The van der Waals surface area contributed by atoms with E-state index in [1.54, 1.807) is 41.9 Å². The Morgan fingerprint density at radius 1 is 1.32 bits per heavy atom. The summed E-state index contributed by atoms with van der Waals surface area (Å²) >= 11 is 6.10. The lowest BCUT2D eigenvalue weighted by molar-refractivity contribution is 0.0944. The maximum Gasteiger partial charge on any atom is 0.382 e. The molecular formula is C23H24ClF2N7O3S. The fraction of sp³-hybridized carbons (Fsp3) is 0.304. The SMILES string of the molecule is C=CC(F)(F)S(=O)(=O)N1C=NN(c2ncc(CNC(=O)c3c(CC)nc4ccc(Cl)cn34)cc2C)CC1. The van der Waals surface area contributed by atoms with Gasteiger partial charge in [0.1, 0.15) is 17.7 Å². The number of carbonyl (C=O) groups is 1. The first-order valence-electron chi connectivity index (χ1n) is 11.2. The molecule has 0 saturated carbocycles. The van der Waals surface area contributed by atoms with E-state index in [9.17, 15) is 22.0 Å². The van der Waals surface area contributed by atoms with Gasteiger partial charge in [0, 0.05) is 18.9 Å². The number of pyridine rings is 2. The van der Waals surface area contributed by atoms with Crippen LogP contribution in [0.25, 0.3) is 5.65 Å². The number of anilines is 1. The molecule has 3 aromatic heterocycles. The maximum absolute atomic E-state index is 13.7. The lowest BCUT2D eigenvalue weighted by Crippen LogP contribution is -2.47. The van der Waals surface area contributed by atoms with Crippen molar-refractivity contribution in [2.24, 2.45) is 5.10 Å². The number of amides is 1. The Balaban J connectivity index is 1.47. The Morgan fingerprint density at radius 3 is 2.70 bits per heavy atom. The van der Waals surface area contributed by atoms with Crippen molar-refractivity contribution < 1.29 is 22.0 Å². The predicted molar refractivity (Wildman–Crippen MR) is 136 cm³/mol. The van der Waals surface area contributed by atoms with Crippen molar-refractivity contribution in [3.05, 3.63) is 70.8 Å². The lowest BCUT2D eigenvalue weighted by atomic mass is 10.2. The zero-order valence-corrected chi connectivity index (χ0v) is 21.6. The fourth-order valence-electron chi connectivity index (χ4n) is 3.85. The zero-order chi connectivity index (χ0) is 27.0. The number of hydrogen-bond acceptors (Lipinski definition) is 7. The van der Waals surface area contributed by atoms with Crippen LogP contribution in [0.3, 0.4) is 0 Å². The Morgan fingerprint density at radius 2 is 2.08 bits per heavy atom. The van der Waals surface area contributed by atoms with Gasteiger partial charge >= 0.3 is 15.3 Å². The Kier molecular flexibility index (Phi) is 7.20. The number of nitrogens with one attached hydrogen (secondary N) is 1. The number of rotatable bonds is 8. The van der Waals surface area contributed by atoms with Gasteiger partial charge in [0.15, 0.2) is 5.82 Å². The topological polar surface area (TPSA) is 112 Å². The van der Waals surface area contributed by atoms with Gasteiger partial charge in [0.25, 0.3) is 5.91 Å². The highest BCUT2D eigenvalue weighted by atomic mass is 35.5. The van der Waals surface area contributed by atoms with E-state index in [0.29, 0.717) is 44.2 Å². The van der Waals surface area contributed by atoms with Crippen molar-refractivity contribution in [3.8, 4) is 0 Å². The van der Waals surface area contributed by atoms with Crippen LogP contribution in [-0.2, 0) is 23.0 Å². The van der Waals surface area contributed by atoms with Crippen molar-refractivity contribution in [1.29, 1.82) is 0 Å². The van der Waals surface area contributed by atoms with Gasteiger partial charge < -0.3 is 5.32 Å². The Labute approximate surface area is 217 Å². The summed E-state index contributed by atoms with van der Waals surface area (Å²) in [6, 6.07) is 5.26. The van der Waals surface area contributed by atoms with E-state index < -0.39 is 15.3 Å². The summed E-state index contributed by atoms with van der Waals surface area (Å²) < 4.78 is 53.7. The molecule has 1 N–H and O–H groups in total. The number of aryl methyl sites for hydroxylation is 2. The van der Waals surface area contributed by atoms with Crippen molar-refractivity contribution in [1.82, 2.24) is 24.0 Å². The summed E-state index contributed by atoms with van der Waals surface area (Å²) in [4.78, 5) is 21.9. The van der Waals surface area contributed by atoms with Crippen LogP contribution < -0.4 is 10.3 Å². The number of carbonyl (C=O) groups excluding carboxylic acids is 1. The van der Waals surface area contributed by atoms with Gasteiger partial charge in [0.05, 0.1) is 23.8 Å². The number of aromatic nitrogens is 3. The monoisotopic (exact) mass is 551 g/mol. The highest BCUT2D eigenvalue weighted by Gasteiger charge is 2.46. The molecule has 196 valence electrons. The first kappa shape index (κ1) is 26.5. The molecule has 1 aliphatic rings. The molecule has 1 aliphatic heterocycles. The molecule has 0 fully saturated rings.